The van der Waals surface area contributed by atoms with Crippen molar-refractivity contribution >= 4 is 36.4 Å². The molecule has 0 saturated heterocycles. The first-order chi connectivity index (χ1) is 9.12. The van der Waals surface area contributed by atoms with Gasteiger partial charge in [-0.2, -0.15) is 0 Å². The number of rotatable bonds is 4. The van der Waals surface area contributed by atoms with Crippen molar-refractivity contribution in [2.45, 2.75) is 0 Å². The Balaban J connectivity index is -0.000000257. The first kappa shape index (κ1) is 26.9. The molecule has 0 fully saturated rings. The fraction of sp³-hybridized carbons (Fsp3) is 0.750. The summed E-state index contributed by atoms with van der Waals surface area (Å²) < 4.78 is 38.8. The summed E-state index contributed by atoms with van der Waals surface area (Å²) in [5.74, 6) is -2.86. The zero-order chi connectivity index (χ0) is 19.0. The van der Waals surface area contributed by atoms with Gasteiger partial charge in [-0.1, -0.05) is 0 Å². The van der Waals surface area contributed by atoms with E-state index in [1.165, 1.54) is 0 Å². The normalized spacial score (nSPS) is 12.4. The molecule has 0 spiro atoms. The van der Waals surface area contributed by atoms with Crippen LogP contribution in [0.4, 0.5) is 0 Å². The first-order valence-corrected chi connectivity index (χ1v) is 12.0. The smallest absolute Gasteiger partial charge is 0.337 e. The highest BCUT2D eigenvalue weighted by Crippen LogP contribution is 2.51. The molecule has 136 valence electrons. The number of carboxylic acids is 1. The van der Waals surface area contributed by atoms with Gasteiger partial charge in [0.25, 0.3) is 0 Å². The van der Waals surface area contributed by atoms with Gasteiger partial charge in [-0.05, 0) is 0 Å². The van der Waals surface area contributed by atoms with Crippen LogP contribution in [-0.4, -0.2) is 69.0 Å². The van der Waals surface area contributed by atoms with Gasteiger partial charge in [0, 0.05) is 6.66 Å². The molecule has 0 aliphatic carbocycles. The van der Waals surface area contributed by atoms with Crippen molar-refractivity contribution in [3.63, 3.8) is 0 Å². The molecule has 0 aromatic heterocycles. The van der Waals surface area contributed by atoms with Crippen molar-refractivity contribution in [2.75, 3.05) is 18.7 Å². The van der Waals surface area contributed by atoms with Crippen LogP contribution >= 0.6 is 30.4 Å². The fourth-order valence-corrected chi connectivity index (χ4v) is 2.69. The summed E-state index contributed by atoms with van der Waals surface area (Å²) in [6.45, 7) is 0.854. The van der Waals surface area contributed by atoms with Crippen LogP contribution in [0.2, 0.25) is 0 Å². The molecule has 0 unspecified atom stereocenters. The van der Waals surface area contributed by atoms with Crippen molar-refractivity contribution in [1.82, 2.24) is 0 Å². The highest BCUT2D eigenvalue weighted by atomic mass is 31.2. The van der Waals surface area contributed by atoms with Crippen LogP contribution in [0.15, 0.2) is 0 Å². The number of carbonyl (C=O) groups is 1. The predicted molar refractivity (Wildman–Crippen MR) is 71.5 cm³/mol. The van der Waals surface area contributed by atoms with E-state index in [9.17, 15) is 23.1 Å². The third-order valence-electron chi connectivity index (χ3n) is 0.710. The van der Waals surface area contributed by atoms with Crippen molar-refractivity contribution in [3.05, 3.63) is 0 Å². The van der Waals surface area contributed by atoms with E-state index in [0.29, 0.717) is 0 Å². The Bertz CT molecular complexity index is 485. The number of aliphatic carboxylic acids is 1. The molecule has 0 aliphatic heterocycles. The van der Waals surface area contributed by atoms with Crippen LogP contribution < -0.4 is 0 Å². The molecule has 22 heavy (non-hydrogen) atoms. The number of hydrogen-bond donors (Lipinski definition) is 9. The summed E-state index contributed by atoms with van der Waals surface area (Å²) in [5, 5.41) is 7.76. The fourth-order valence-electron chi connectivity index (χ4n) is 0.416. The summed E-state index contributed by atoms with van der Waals surface area (Å²) in [6, 6.07) is 0. The van der Waals surface area contributed by atoms with Gasteiger partial charge < -0.3 is 44.3 Å². The molecule has 18 heteroatoms. The molecule has 0 atom stereocenters. The topological polar surface area (TPSA) is 267 Å². The Morgan fingerprint density at radius 1 is 0.727 bits per heavy atom. The maximum Gasteiger partial charge on any atom is 0.337 e. The van der Waals surface area contributed by atoms with Crippen molar-refractivity contribution in [1.29, 1.82) is 0 Å². The summed E-state index contributed by atoms with van der Waals surface area (Å²) in [6.07, 6.45) is -1.09. The maximum atomic E-state index is 9.85. The second-order valence-corrected chi connectivity index (χ2v) is 10.6. The van der Waals surface area contributed by atoms with Gasteiger partial charge in [0.15, 0.2) is 5.90 Å². The van der Waals surface area contributed by atoms with E-state index < -0.39 is 48.4 Å². The first-order valence-electron chi connectivity index (χ1n) is 4.51. The van der Waals surface area contributed by atoms with E-state index in [0.717, 1.165) is 6.66 Å². The molecule has 14 nitrogen and oxygen atoms in total. The molecule has 0 amide bonds. The molecule has 0 bridgehead atoms. The number of hydrogen-bond acceptors (Lipinski definition) is 5. The summed E-state index contributed by atoms with van der Waals surface area (Å²) in [4.78, 5) is 72.5. The average Bonchev–Trinajstić information content (AvgIpc) is 1.84. The third-order valence-corrected chi connectivity index (χ3v) is 4.34. The monoisotopic (exact) mass is 412 g/mol. The summed E-state index contributed by atoms with van der Waals surface area (Å²) in [5.41, 5.74) is 0. The van der Waals surface area contributed by atoms with Gasteiger partial charge in [-0.25, -0.2) is 0 Å². The molecule has 0 radical (unpaired) electrons. The van der Waals surface area contributed by atoms with E-state index in [1.54, 1.807) is 0 Å². The van der Waals surface area contributed by atoms with E-state index >= 15 is 0 Å². The molecule has 0 aromatic rings. The van der Waals surface area contributed by atoms with Crippen LogP contribution in [0.25, 0.3) is 0 Å². The molecule has 9 N–H and O–H groups in total. The zero-order valence-corrected chi connectivity index (χ0v) is 14.3. The van der Waals surface area contributed by atoms with Crippen LogP contribution in [0.1, 0.15) is 0 Å². The van der Waals surface area contributed by atoms with Crippen LogP contribution in [0.5, 0.6) is 0 Å². The Kier molecular flexibility index (Phi) is 12.3. The largest absolute Gasteiger partial charge is 0.481 e. The molecule has 0 saturated carbocycles. The van der Waals surface area contributed by atoms with E-state index in [1.807, 2.05) is 0 Å². The Hall–Kier alpha value is 0.0700. The lowest BCUT2D eigenvalue weighted by Gasteiger charge is -2.03. The van der Waals surface area contributed by atoms with E-state index in [4.69, 9.17) is 44.3 Å². The van der Waals surface area contributed by atoms with Gasteiger partial charge in [0.1, 0.15) is 6.16 Å². The molecule has 0 rings (SSSR count). The molecule has 0 aromatic carbocycles. The van der Waals surface area contributed by atoms with Crippen LogP contribution in [0, 0.1) is 0 Å². The highest BCUT2D eigenvalue weighted by Gasteiger charge is 2.26. The molecule has 0 aliphatic rings. The lowest BCUT2D eigenvalue weighted by molar-refractivity contribution is -0.134. The van der Waals surface area contributed by atoms with Gasteiger partial charge in [-0.15, -0.1) is 0 Å². The highest BCUT2D eigenvalue weighted by molar-refractivity contribution is 7.69. The maximum absolute atomic E-state index is 9.85. The summed E-state index contributed by atoms with van der Waals surface area (Å²) in [7, 11) is -17.1. The van der Waals surface area contributed by atoms with Crippen molar-refractivity contribution in [3.8, 4) is 0 Å². The zero-order valence-electron chi connectivity index (χ0n) is 10.8. The Morgan fingerprint density at radius 3 is 0.955 bits per heavy atom. The van der Waals surface area contributed by atoms with E-state index in [-0.39, 0.29) is 0 Å². The second kappa shape index (κ2) is 10.0. The molecular formula is C4H16O14P4. The van der Waals surface area contributed by atoms with Crippen LogP contribution in [-0.2, 0) is 23.1 Å². The van der Waals surface area contributed by atoms with Gasteiger partial charge in [0.05, 0.1) is 0 Å². The minimum atomic E-state index is -4.55. The minimum Gasteiger partial charge on any atom is -0.481 e. The third kappa shape index (κ3) is 59.6. The van der Waals surface area contributed by atoms with E-state index in [2.05, 4.69) is 0 Å². The lowest BCUT2D eigenvalue weighted by atomic mass is 10.8. The quantitative estimate of drug-likeness (QED) is 0.234. The standard InChI is InChI=1S/C2H5O5P.CH6O6P2.CH5O3P/c3-2(4)1-8(5,6)7;2-8(3,4)1-9(5,6)7;1-5(2,3)4/h1H2,(H,3,4)(H2,5,6,7);1H2,(H2,2,3,4)(H2,5,6,7);1H3,(H2,2,3,4). The number of carboxylic acid groups (broad SMARTS) is 1. The van der Waals surface area contributed by atoms with Gasteiger partial charge >= 0.3 is 36.4 Å². The lowest BCUT2D eigenvalue weighted by Crippen LogP contribution is -2.01. The average molecular weight is 412 g/mol. The predicted octanol–water partition coefficient (Wildman–Crippen LogP) is -1.66. The Labute approximate surface area is 123 Å². The Morgan fingerprint density at radius 2 is 0.955 bits per heavy atom. The molecular weight excluding hydrogens is 396 g/mol. The van der Waals surface area contributed by atoms with Gasteiger partial charge in [-0.3, -0.25) is 23.1 Å². The van der Waals surface area contributed by atoms with Crippen LogP contribution in [0.3, 0.4) is 0 Å². The second-order valence-electron chi connectivity index (χ2n) is 3.52. The summed E-state index contributed by atoms with van der Waals surface area (Å²) >= 11 is 0. The minimum absolute atomic E-state index is 0.854. The SMILES string of the molecule is CP(=O)(O)O.O=C(O)CP(=O)(O)O.O=P(O)(O)CP(=O)(O)O. The van der Waals surface area contributed by atoms with Gasteiger partial charge in [0.2, 0.25) is 0 Å². The van der Waals surface area contributed by atoms with Crippen molar-refractivity contribution in [2.24, 2.45) is 0 Å². The van der Waals surface area contributed by atoms with Crippen molar-refractivity contribution < 1.29 is 67.3 Å². The molecule has 0 heterocycles.